The number of ether oxygens (including phenoxy) is 2. The average Bonchev–Trinajstić information content (AvgIpc) is 3.29. The van der Waals surface area contributed by atoms with Gasteiger partial charge in [-0.2, -0.15) is 15.0 Å². The molecule has 2 aliphatic heterocycles. The van der Waals surface area contributed by atoms with Crippen molar-refractivity contribution in [3.05, 3.63) is 29.8 Å². The lowest BCUT2D eigenvalue weighted by molar-refractivity contribution is 0.115. The minimum absolute atomic E-state index is 0.0255. The van der Waals surface area contributed by atoms with Crippen LogP contribution in [0.2, 0.25) is 0 Å². The fourth-order valence-electron chi connectivity index (χ4n) is 4.66. The molecule has 1 atom stereocenters. The number of hydrogen-bond acceptors (Lipinski definition) is 10. The van der Waals surface area contributed by atoms with Gasteiger partial charge in [-0.3, -0.25) is 4.57 Å². The molecule has 0 aliphatic carbocycles. The Morgan fingerprint density at radius 3 is 2.54 bits per heavy atom. The number of alkyl halides is 2. The van der Waals surface area contributed by atoms with E-state index in [1.165, 1.54) is 11.7 Å². The molecule has 5 rings (SSSR count). The van der Waals surface area contributed by atoms with E-state index < -0.39 is 28.3 Å². The maximum Gasteiger partial charge on any atom is 0.296 e. The number of benzene rings is 1. The van der Waals surface area contributed by atoms with Crippen LogP contribution < -0.4 is 14.5 Å². The molecule has 0 saturated carbocycles. The molecule has 12 nitrogen and oxygen atoms in total. The highest BCUT2D eigenvalue weighted by Crippen LogP contribution is 2.33. The molecule has 0 radical (unpaired) electrons. The summed E-state index contributed by atoms with van der Waals surface area (Å²) in [6, 6.07) is 4.46. The average molecular weight is 539 g/mol. The van der Waals surface area contributed by atoms with E-state index >= 15 is 0 Å². The van der Waals surface area contributed by atoms with E-state index in [2.05, 4.69) is 24.8 Å². The Kier molecular flexibility index (Phi) is 7.20. The number of imidazole rings is 1. The summed E-state index contributed by atoms with van der Waals surface area (Å²) in [5, 5.41) is 1.59. The third-order valence-electron chi connectivity index (χ3n) is 6.30. The van der Waals surface area contributed by atoms with Crippen molar-refractivity contribution in [2.45, 2.75) is 31.7 Å². The monoisotopic (exact) mass is 538 g/mol. The lowest BCUT2D eigenvalue weighted by Gasteiger charge is -2.34. The highest BCUT2D eigenvalue weighted by atomic mass is 32.2. The van der Waals surface area contributed by atoms with Crippen LogP contribution in [0.15, 0.2) is 18.2 Å². The number of hydrazine groups is 1. The zero-order valence-electron chi connectivity index (χ0n) is 20.5. The molecular weight excluding hydrogens is 510 g/mol. The fraction of sp³-hybridized carbons (Fsp3) is 0.545. The van der Waals surface area contributed by atoms with Crippen LogP contribution in [0.4, 0.5) is 14.7 Å². The number of sulfonamides is 1. The van der Waals surface area contributed by atoms with Gasteiger partial charge >= 0.3 is 0 Å². The SMILES string of the molecule is COc1cccc2c1nc(C(F)F)n2-c1nc([C@H]2CCCCN2NS(C)(=O)=O)nc(N2CCOCC2)n1. The summed E-state index contributed by atoms with van der Waals surface area (Å²) in [6.45, 7) is 2.42. The number of hydrogen-bond donors (Lipinski definition) is 1. The van der Waals surface area contributed by atoms with Crippen LogP contribution >= 0.6 is 0 Å². The van der Waals surface area contributed by atoms with Gasteiger partial charge in [-0.25, -0.2) is 27.2 Å². The highest BCUT2D eigenvalue weighted by Gasteiger charge is 2.32. The van der Waals surface area contributed by atoms with E-state index in [0.717, 1.165) is 19.1 Å². The molecule has 3 aromatic rings. The molecule has 2 aliphatic rings. The van der Waals surface area contributed by atoms with Gasteiger partial charge in [-0.15, -0.1) is 4.83 Å². The predicted molar refractivity (Wildman–Crippen MR) is 130 cm³/mol. The fourth-order valence-corrected chi connectivity index (χ4v) is 5.30. The van der Waals surface area contributed by atoms with Crippen molar-refractivity contribution in [2.75, 3.05) is 51.1 Å². The van der Waals surface area contributed by atoms with Gasteiger partial charge in [0, 0.05) is 19.6 Å². The van der Waals surface area contributed by atoms with Crippen molar-refractivity contribution < 1.29 is 26.7 Å². The van der Waals surface area contributed by atoms with Gasteiger partial charge in [0.25, 0.3) is 6.43 Å². The number of methoxy groups -OCH3 is 1. The Balaban J connectivity index is 1.70. The number of fused-ring (bicyclic) bond motifs is 1. The number of morpholine rings is 1. The lowest BCUT2D eigenvalue weighted by atomic mass is 10.0. The number of para-hydroxylation sites is 1. The van der Waals surface area contributed by atoms with Crippen LogP contribution in [0.25, 0.3) is 17.0 Å². The van der Waals surface area contributed by atoms with Gasteiger partial charge in [-0.05, 0) is 25.0 Å². The standard InChI is InChI=1S/C22H28F2N8O4S/c1-35-16-8-5-7-14-17(16)25-20(18(23)24)32(14)22-27-19(26-21(28-22)30-10-12-36-13-11-30)15-6-3-4-9-31(15)29-37(2,33)34/h5,7-8,15,18,29H,3-4,6,9-13H2,1-2H3/t15-/m1/s1. The Labute approximate surface area is 212 Å². The first-order valence-corrected chi connectivity index (χ1v) is 13.8. The minimum Gasteiger partial charge on any atom is -0.494 e. The van der Waals surface area contributed by atoms with Crippen LogP contribution in [-0.2, 0) is 14.8 Å². The summed E-state index contributed by atoms with van der Waals surface area (Å²) >= 11 is 0. The molecule has 2 fully saturated rings. The summed E-state index contributed by atoms with van der Waals surface area (Å²) in [5.74, 6) is 0.379. The van der Waals surface area contributed by atoms with Crippen molar-refractivity contribution in [3.63, 3.8) is 0 Å². The third-order valence-corrected chi connectivity index (χ3v) is 6.86. The van der Waals surface area contributed by atoms with E-state index in [1.807, 2.05) is 4.90 Å². The Bertz CT molecular complexity index is 1380. The maximum absolute atomic E-state index is 14.2. The summed E-state index contributed by atoms with van der Waals surface area (Å²) in [4.78, 5) is 22.5. The molecule has 15 heteroatoms. The van der Waals surface area contributed by atoms with Gasteiger partial charge in [0.1, 0.15) is 11.3 Å². The Morgan fingerprint density at radius 2 is 1.84 bits per heavy atom. The molecule has 1 N–H and O–H groups in total. The van der Waals surface area contributed by atoms with Crippen LogP contribution in [-0.4, -0.2) is 84.1 Å². The van der Waals surface area contributed by atoms with E-state index in [4.69, 9.17) is 9.47 Å². The van der Waals surface area contributed by atoms with Crippen LogP contribution in [0, 0.1) is 0 Å². The number of aromatic nitrogens is 5. The number of halogens is 2. The molecule has 0 unspecified atom stereocenters. The Hall–Kier alpha value is -3.01. The summed E-state index contributed by atoms with van der Waals surface area (Å²) in [5.41, 5.74) is 0.614. The second kappa shape index (κ2) is 10.4. The molecule has 0 spiro atoms. The van der Waals surface area contributed by atoms with Crippen LogP contribution in [0.3, 0.4) is 0 Å². The van der Waals surface area contributed by atoms with Gasteiger partial charge < -0.3 is 14.4 Å². The minimum atomic E-state index is -3.55. The van der Waals surface area contributed by atoms with E-state index in [-0.39, 0.29) is 17.3 Å². The van der Waals surface area contributed by atoms with Crippen molar-refractivity contribution in [2.24, 2.45) is 0 Å². The predicted octanol–water partition coefficient (Wildman–Crippen LogP) is 1.98. The molecule has 1 aromatic carbocycles. The molecule has 2 saturated heterocycles. The van der Waals surface area contributed by atoms with Gasteiger partial charge in [0.05, 0.1) is 38.1 Å². The number of anilines is 1. The molecule has 2 aromatic heterocycles. The Morgan fingerprint density at radius 1 is 1.08 bits per heavy atom. The van der Waals surface area contributed by atoms with E-state index in [0.29, 0.717) is 56.5 Å². The molecule has 4 heterocycles. The van der Waals surface area contributed by atoms with Gasteiger partial charge in [0.2, 0.25) is 21.9 Å². The van der Waals surface area contributed by atoms with Gasteiger partial charge in [-0.1, -0.05) is 12.5 Å². The second-order valence-electron chi connectivity index (χ2n) is 8.90. The van der Waals surface area contributed by atoms with Crippen LogP contribution in [0.1, 0.15) is 43.4 Å². The third kappa shape index (κ3) is 5.35. The smallest absolute Gasteiger partial charge is 0.296 e. The summed E-state index contributed by atoms with van der Waals surface area (Å²) in [6.07, 6.45) is 0.357. The second-order valence-corrected chi connectivity index (χ2v) is 10.6. The lowest BCUT2D eigenvalue weighted by Crippen LogP contribution is -2.47. The summed E-state index contributed by atoms with van der Waals surface area (Å²) in [7, 11) is -2.11. The van der Waals surface area contributed by atoms with Crippen molar-refractivity contribution in [1.29, 1.82) is 0 Å². The van der Waals surface area contributed by atoms with E-state index in [1.54, 1.807) is 23.2 Å². The van der Waals surface area contributed by atoms with Crippen molar-refractivity contribution >= 4 is 27.0 Å². The summed E-state index contributed by atoms with van der Waals surface area (Å²) < 4.78 is 64.6. The zero-order chi connectivity index (χ0) is 26.2. The largest absolute Gasteiger partial charge is 0.494 e. The molecule has 0 amide bonds. The molecular formula is C22H28F2N8O4S. The number of nitrogens with one attached hydrogen (secondary N) is 1. The first kappa shape index (κ1) is 25.6. The highest BCUT2D eigenvalue weighted by molar-refractivity contribution is 7.88. The number of nitrogens with zero attached hydrogens (tertiary/aromatic N) is 7. The topological polar surface area (TPSA) is 128 Å². The quantitative estimate of drug-likeness (QED) is 0.477. The maximum atomic E-state index is 14.2. The molecule has 200 valence electrons. The van der Waals surface area contributed by atoms with Crippen molar-refractivity contribution in [1.82, 2.24) is 34.3 Å². The molecule has 0 bridgehead atoms. The van der Waals surface area contributed by atoms with Gasteiger partial charge in [0.15, 0.2) is 11.6 Å². The van der Waals surface area contributed by atoms with Crippen LogP contribution in [0.5, 0.6) is 5.75 Å². The zero-order valence-corrected chi connectivity index (χ0v) is 21.3. The molecule has 37 heavy (non-hydrogen) atoms. The number of piperidine rings is 1. The van der Waals surface area contributed by atoms with E-state index in [9.17, 15) is 17.2 Å². The van der Waals surface area contributed by atoms with Crippen molar-refractivity contribution in [3.8, 4) is 11.7 Å². The first-order valence-electron chi connectivity index (χ1n) is 11.9. The number of rotatable bonds is 7. The normalized spacial score (nSPS) is 19.6. The first-order chi connectivity index (χ1) is 17.7.